The lowest BCUT2D eigenvalue weighted by Crippen LogP contribution is -2.27. The molecule has 0 unspecified atom stereocenters. The highest BCUT2D eigenvalue weighted by Crippen LogP contribution is 2.28. The van der Waals surface area contributed by atoms with Gasteiger partial charge >= 0.3 is 0 Å². The number of carbonyl (C=O) groups is 1. The van der Waals surface area contributed by atoms with Crippen molar-refractivity contribution < 1.29 is 9.90 Å². The molecular weight excluding hydrogens is 118 g/mol. The van der Waals surface area contributed by atoms with Crippen LogP contribution in [0.1, 0.15) is 12.8 Å². The molecule has 0 aromatic carbocycles. The standard InChI is InChI=1S/C6H11NO2/c8-4-3-7-6(9)5-1-2-5/h5,8H,1-4H2,(H,7,9). The molecule has 0 aromatic heterocycles. The van der Waals surface area contributed by atoms with Gasteiger partial charge in [0.2, 0.25) is 5.91 Å². The summed E-state index contributed by atoms with van der Waals surface area (Å²) in [6.07, 6.45) is 2.05. The zero-order valence-electron chi connectivity index (χ0n) is 5.26. The van der Waals surface area contributed by atoms with Crippen LogP contribution < -0.4 is 5.32 Å². The lowest BCUT2D eigenvalue weighted by Gasteiger charge is -1.98. The smallest absolute Gasteiger partial charge is 0.223 e. The summed E-state index contributed by atoms with van der Waals surface area (Å²) in [4.78, 5) is 10.7. The summed E-state index contributed by atoms with van der Waals surface area (Å²) < 4.78 is 0. The first-order valence-corrected chi connectivity index (χ1v) is 3.23. The highest BCUT2D eigenvalue weighted by atomic mass is 16.3. The van der Waals surface area contributed by atoms with E-state index in [1.54, 1.807) is 0 Å². The first-order chi connectivity index (χ1) is 4.34. The predicted octanol–water partition coefficient (Wildman–Crippen LogP) is -0.495. The third kappa shape index (κ3) is 2.01. The van der Waals surface area contributed by atoms with Crippen molar-refractivity contribution in [2.75, 3.05) is 13.2 Å². The van der Waals surface area contributed by atoms with E-state index in [9.17, 15) is 4.79 Å². The maximum atomic E-state index is 10.7. The number of hydrogen-bond acceptors (Lipinski definition) is 2. The van der Waals surface area contributed by atoms with Crippen molar-refractivity contribution in [2.24, 2.45) is 5.92 Å². The van der Waals surface area contributed by atoms with Crippen LogP contribution in [0.4, 0.5) is 0 Å². The van der Waals surface area contributed by atoms with E-state index in [1.165, 1.54) is 0 Å². The van der Waals surface area contributed by atoms with Gasteiger partial charge in [0, 0.05) is 12.5 Å². The van der Waals surface area contributed by atoms with Gasteiger partial charge in [-0.1, -0.05) is 0 Å². The molecule has 0 spiro atoms. The van der Waals surface area contributed by atoms with Crippen LogP contribution in [-0.4, -0.2) is 24.2 Å². The zero-order valence-corrected chi connectivity index (χ0v) is 5.26. The minimum Gasteiger partial charge on any atom is -0.395 e. The second-order valence-electron chi connectivity index (χ2n) is 2.29. The van der Waals surface area contributed by atoms with E-state index in [-0.39, 0.29) is 18.4 Å². The molecule has 0 saturated heterocycles. The van der Waals surface area contributed by atoms with E-state index >= 15 is 0 Å². The van der Waals surface area contributed by atoms with Crippen molar-refractivity contribution in [3.05, 3.63) is 0 Å². The molecule has 1 amide bonds. The Morgan fingerprint density at radius 1 is 1.67 bits per heavy atom. The highest BCUT2D eigenvalue weighted by molar-refractivity contribution is 5.80. The summed E-state index contributed by atoms with van der Waals surface area (Å²) in [5, 5.41) is 10.9. The van der Waals surface area contributed by atoms with Crippen molar-refractivity contribution in [1.29, 1.82) is 0 Å². The Kier molecular flexibility index (Phi) is 2.05. The van der Waals surface area contributed by atoms with Crippen molar-refractivity contribution in [3.8, 4) is 0 Å². The van der Waals surface area contributed by atoms with E-state index < -0.39 is 0 Å². The molecule has 2 N–H and O–H groups in total. The molecular formula is C6H11NO2. The average molecular weight is 129 g/mol. The van der Waals surface area contributed by atoms with Crippen molar-refractivity contribution >= 4 is 5.91 Å². The maximum Gasteiger partial charge on any atom is 0.223 e. The molecule has 1 rings (SSSR count). The molecule has 3 heteroatoms. The SMILES string of the molecule is O=C(NCCO)C1CC1. The molecule has 0 bridgehead atoms. The quantitative estimate of drug-likeness (QED) is 0.540. The molecule has 1 fully saturated rings. The summed E-state index contributed by atoms with van der Waals surface area (Å²) in [6, 6.07) is 0. The summed E-state index contributed by atoms with van der Waals surface area (Å²) >= 11 is 0. The molecule has 0 radical (unpaired) electrons. The van der Waals surface area contributed by atoms with Gasteiger partial charge in [-0.3, -0.25) is 4.79 Å². The maximum absolute atomic E-state index is 10.7. The highest BCUT2D eigenvalue weighted by Gasteiger charge is 2.28. The average Bonchev–Trinajstić information content (AvgIpc) is 2.63. The number of aliphatic hydroxyl groups is 1. The second kappa shape index (κ2) is 2.82. The van der Waals surface area contributed by atoms with Crippen LogP contribution in [0.25, 0.3) is 0 Å². The van der Waals surface area contributed by atoms with Gasteiger partial charge in [-0.15, -0.1) is 0 Å². The van der Waals surface area contributed by atoms with Crippen LogP contribution in [0.2, 0.25) is 0 Å². The minimum absolute atomic E-state index is 0.0401. The van der Waals surface area contributed by atoms with Crippen LogP contribution in [0.5, 0.6) is 0 Å². The number of carbonyl (C=O) groups excluding carboxylic acids is 1. The van der Waals surface area contributed by atoms with Gasteiger partial charge in [-0.05, 0) is 12.8 Å². The molecule has 0 aromatic rings. The zero-order chi connectivity index (χ0) is 6.69. The fraction of sp³-hybridized carbons (Fsp3) is 0.833. The van der Waals surface area contributed by atoms with Gasteiger partial charge in [-0.2, -0.15) is 0 Å². The van der Waals surface area contributed by atoms with Gasteiger partial charge in [0.15, 0.2) is 0 Å². The summed E-state index contributed by atoms with van der Waals surface area (Å²) in [5.74, 6) is 0.362. The Balaban J connectivity index is 2.03. The monoisotopic (exact) mass is 129 g/mol. The number of rotatable bonds is 3. The van der Waals surface area contributed by atoms with Crippen molar-refractivity contribution in [1.82, 2.24) is 5.32 Å². The van der Waals surface area contributed by atoms with E-state index in [0.717, 1.165) is 12.8 Å². The minimum atomic E-state index is 0.0401. The largest absolute Gasteiger partial charge is 0.395 e. The molecule has 52 valence electrons. The van der Waals surface area contributed by atoms with Crippen LogP contribution in [0, 0.1) is 5.92 Å². The number of aliphatic hydroxyl groups excluding tert-OH is 1. The molecule has 0 heterocycles. The van der Waals surface area contributed by atoms with Gasteiger partial charge in [0.25, 0.3) is 0 Å². The topological polar surface area (TPSA) is 49.3 Å². The Bertz CT molecular complexity index is 110. The Morgan fingerprint density at radius 3 is 2.78 bits per heavy atom. The summed E-state index contributed by atoms with van der Waals surface area (Å²) in [7, 11) is 0. The van der Waals surface area contributed by atoms with E-state index in [4.69, 9.17) is 5.11 Å². The number of amides is 1. The molecule has 1 aliphatic carbocycles. The lowest BCUT2D eigenvalue weighted by molar-refractivity contribution is -0.122. The number of hydrogen-bond donors (Lipinski definition) is 2. The predicted molar refractivity (Wildman–Crippen MR) is 32.8 cm³/mol. The Hall–Kier alpha value is -0.570. The normalized spacial score (nSPS) is 17.4. The Labute approximate surface area is 54.1 Å². The van der Waals surface area contributed by atoms with Crippen molar-refractivity contribution in [3.63, 3.8) is 0 Å². The molecule has 3 nitrogen and oxygen atoms in total. The van der Waals surface area contributed by atoms with Crippen LogP contribution in [-0.2, 0) is 4.79 Å². The summed E-state index contributed by atoms with van der Waals surface area (Å²) in [5.41, 5.74) is 0. The van der Waals surface area contributed by atoms with E-state index in [0.29, 0.717) is 6.54 Å². The van der Waals surface area contributed by atoms with Crippen LogP contribution in [0.15, 0.2) is 0 Å². The van der Waals surface area contributed by atoms with E-state index in [1.807, 2.05) is 0 Å². The first-order valence-electron chi connectivity index (χ1n) is 3.23. The molecule has 9 heavy (non-hydrogen) atoms. The van der Waals surface area contributed by atoms with Crippen LogP contribution in [0.3, 0.4) is 0 Å². The number of nitrogens with one attached hydrogen (secondary N) is 1. The molecule has 0 atom stereocenters. The molecule has 1 aliphatic rings. The van der Waals surface area contributed by atoms with Gasteiger partial charge in [0.1, 0.15) is 0 Å². The van der Waals surface area contributed by atoms with Crippen LogP contribution >= 0.6 is 0 Å². The third-order valence-electron chi connectivity index (χ3n) is 1.36. The summed E-state index contributed by atoms with van der Waals surface area (Å²) in [6.45, 7) is 0.438. The van der Waals surface area contributed by atoms with Gasteiger partial charge < -0.3 is 10.4 Å². The fourth-order valence-corrected chi connectivity index (χ4v) is 0.669. The third-order valence-corrected chi connectivity index (χ3v) is 1.36. The second-order valence-corrected chi connectivity index (χ2v) is 2.29. The van der Waals surface area contributed by atoms with Crippen molar-refractivity contribution in [2.45, 2.75) is 12.8 Å². The Morgan fingerprint density at radius 2 is 2.33 bits per heavy atom. The molecule has 1 saturated carbocycles. The first kappa shape index (κ1) is 6.55. The van der Waals surface area contributed by atoms with E-state index in [2.05, 4.69) is 5.32 Å². The fourth-order valence-electron chi connectivity index (χ4n) is 0.669. The molecule has 0 aliphatic heterocycles. The lowest BCUT2D eigenvalue weighted by atomic mass is 10.4. The van der Waals surface area contributed by atoms with Gasteiger partial charge in [0.05, 0.1) is 6.61 Å². The van der Waals surface area contributed by atoms with Gasteiger partial charge in [-0.25, -0.2) is 0 Å².